The summed E-state index contributed by atoms with van der Waals surface area (Å²) >= 11 is 0. The molecule has 1 rings (SSSR count). The summed E-state index contributed by atoms with van der Waals surface area (Å²) in [6, 6.07) is 9.87. The lowest BCUT2D eigenvalue weighted by Gasteiger charge is -2.20. The first-order valence-electron chi connectivity index (χ1n) is 6.01. The molecule has 0 aliphatic carbocycles. The van der Waals surface area contributed by atoms with Crippen molar-refractivity contribution in [2.45, 2.75) is 26.4 Å². The SMILES string of the molecule is CC(C)CN(C)CCC(O)c1ccccc1. The van der Waals surface area contributed by atoms with Gasteiger partial charge in [0.2, 0.25) is 0 Å². The first kappa shape index (κ1) is 13.2. The van der Waals surface area contributed by atoms with E-state index in [2.05, 4.69) is 25.8 Å². The van der Waals surface area contributed by atoms with Crippen LogP contribution in [0.5, 0.6) is 0 Å². The summed E-state index contributed by atoms with van der Waals surface area (Å²) in [4.78, 5) is 2.27. The van der Waals surface area contributed by atoms with Crippen LogP contribution in [0.15, 0.2) is 30.3 Å². The Morgan fingerprint density at radius 2 is 1.81 bits per heavy atom. The quantitative estimate of drug-likeness (QED) is 0.798. The van der Waals surface area contributed by atoms with E-state index in [-0.39, 0.29) is 6.10 Å². The maximum Gasteiger partial charge on any atom is 0.0802 e. The molecular formula is C14H23NO. The number of aliphatic hydroxyl groups is 1. The molecule has 0 fully saturated rings. The molecule has 0 saturated carbocycles. The van der Waals surface area contributed by atoms with E-state index in [1.54, 1.807) is 0 Å². The van der Waals surface area contributed by atoms with Gasteiger partial charge in [0.15, 0.2) is 0 Å². The zero-order valence-corrected chi connectivity index (χ0v) is 10.6. The second kappa shape index (κ2) is 6.66. The fourth-order valence-electron chi connectivity index (χ4n) is 1.90. The second-order valence-corrected chi connectivity index (χ2v) is 4.87. The van der Waals surface area contributed by atoms with Crippen LogP contribution in [-0.4, -0.2) is 30.1 Å². The average Bonchev–Trinajstić information content (AvgIpc) is 2.26. The van der Waals surface area contributed by atoms with Crippen molar-refractivity contribution < 1.29 is 5.11 Å². The van der Waals surface area contributed by atoms with Crippen LogP contribution in [0.25, 0.3) is 0 Å². The lowest BCUT2D eigenvalue weighted by Crippen LogP contribution is -2.25. The standard InChI is InChI=1S/C14H23NO/c1-12(2)11-15(3)10-9-14(16)13-7-5-4-6-8-13/h4-8,12,14,16H,9-11H2,1-3H3. The third-order valence-electron chi connectivity index (χ3n) is 2.65. The summed E-state index contributed by atoms with van der Waals surface area (Å²) in [5, 5.41) is 9.98. The summed E-state index contributed by atoms with van der Waals surface area (Å²) in [5.41, 5.74) is 1.01. The monoisotopic (exact) mass is 221 g/mol. The summed E-state index contributed by atoms with van der Waals surface area (Å²) in [6.45, 7) is 6.45. The van der Waals surface area contributed by atoms with Gasteiger partial charge in [-0.1, -0.05) is 44.2 Å². The van der Waals surface area contributed by atoms with E-state index in [4.69, 9.17) is 0 Å². The highest BCUT2D eigenvalue weighted by Crippen LogP contribution is 2.16. The molecule has 90 valence electrons. The van der Waals surface area contributed by atoms with Crippen molar-refractivity contribution >= 4 is 0 Å². The van der Waals surface area contributed by atoms with E-state index in [1.165, 1.54) is 0 Å². The predicted octanol–water partition coefficient (Wildman–Crippen LogP) is 2.70. The van der Waals surface area contributed by atoms with Gasteiger partial charge in [0.25, 0.3) is 0 Å². The average molecular weight is 221 g/mol. The minimum absolute atomic E-state index is 0.337. The van der Waals surface area contributed by atoms with Gasteiger partial charge >= 0.3 is 0 Å². The van der Waals surface area contributed by atoms with Crippen LogP contribution in [0, 0.1) is 5.92 Å². The van der Waals surface area contributed by atoms with Crippen molar-refractivity contribution in [2.75, 3.05) is 20.1 Å². The summed E-state index contributed by atoms with van der Waals surface area (Å²) < 4.78 is 0. The molecule has 0 aliphatic heterocycles. The molecule has 1 aromatic carbocycles. The van der Waals surface area contributed by atoms with Crippen LogP contribution in [0.2, 0.25) is 0 Å². The first-order chi connectivity index (χ1) is 7.59. The van der Waals surface area contributed by atoms with Crippen molar-refractivity contribution in [3.05, 3.63) is 35.9 Å². The van der Waals surface area contributed by atoms with E-state index in [9.17, 15) is 5.11 Å². The number of rotatable bonds is 6. The molecule has 1 N–H and O–H groups in total. The van der Waals surface area contributed by atoms with Crippen molar-refractivity contribution in [2.24, 2.45) is 5.92 Å². The fraction of sp³-hybridized carbons (Fsp3) is 0.571. The Bertz CT molecular complexity index is 284. The maximum absolute atomic E-state index is 9.98. The molecule has 0 spiro atoms. The largest absolute Gasteiger partial charge is 0.388 e. The minimum atomic E-state index is -0.337. The normalized spacial score (nSPS) is 13.4. The molecule has 0 heterocycles. The van der Waals surface area contributed by atoms with Crippen LogP contribution in [-0.2, 0) is 0 Å². The second-order valence-electron chi connectivity index (χ2n) is 4.87. The molecule has 0 aliphatic rings. The van der Waals surface area contributed by atoms with Crippen LogP contribution >= 0.6 is 0 Å². The zero-order valence-electron chi connectivity index (χ0n) is 10.6. The van der Waals surface area contributed by atoms with Crippen molar-refractivity contribution in [3.63, 3.8) is 0 Å². The third kappa shape index (κ3) is 4.77. The molecule has 2 nitrogen and oxygen atoms in total. The number of aliphatic hydroxyl groups excluding tert-OH is 1. The summed E-state index contributed by atoms with van der Waals surface area (Å²) in [5.74, 6) is 0.680. The highest BCUT2D eigenvalue weighted by atomic mass is 16.3. The van der Waals surface area contributed by atoms with Crippen LogP contribution in [0.3, 0.4) is 0 Å². The zero-order chi connectivity index (χ0) is 12.0. The highest BCUT2D eigenvalue weighted by molar-refractivity contribution is 5.17. The van der Waals surface area contributed by atoms with Gasteiger partial charge in [0, 0.05) is 13.1 Å². The Kier molecular flexibility index (Phi) is 5.50. The molecule has 16 heavy (non-hydrogen) atoms. The van der Waals surface area contributed by atoms with Crippen LogP contribution < -0.4 is 0 Å². The number of hydrogen-bond donors (Lipinski definition) is 1. The third-order valence-corrected chi connectivity index (χ3v) is 2.65. The van der Waals surface area contributed by atoms with Gasteiger partial charge in [-0.25, -0.2) is 0 Å². The lowest BCUT2D eigenvalue weighted by atomic mass is 10.1. The van der Waals surface area contributed by atoms with Crippen molar-refractivity contribution in [3.8, 4) is 0 Å². The molecule has 1 atom stereocenters. The van der Waals surface area contributed by atoms with Crippen LogP contribution in [0.4, 0.5) is 0 Å². The predicted molar refractivity (Wildman–Crippen MR) is 68.4 cm³/mol. The topological polar surface area (TPSA) is 23.5 Å². The smallest absolute Gasteiger partial charge is 0.0802 e. The van der Waals surface area contributed by atoms with E-state index < -0.39 is 0 Å². The molecule has 1 aromatic rings. The fourth-order valence-corrected chi connectivity index (χ4v) is 1.90. The molecule has 0 saturated heterocycles. The minimum Gasteiger partial charge on any atom is -0.388 e. The van der Waals surface area contributed by atoms with Gasteiger partial charge in [0.1, 0.15) is 0 Å². The Labute approximate surface area is 98.9 Å². The first-order valence-corrected chi connectivity index (χ1v) is 6.01. The summed E-state index contributed by atoms with van der Waals surface area (Å²) in [6.07, 6.45) is 0.462. The Morgan fingerprint density at radius 1 is 1.19 bits per heavy atom. The number of nitrogens with zero attached hydrogens (tertiary/aromatic N) is 1. The molecule has 0 amide bonds. The molecule has 0 radical (unpaired) electrons. The maximum atomic E-state index is 9.98. The van der Waals surface area contributed by atoms with Crippen molar-refractivity contribution in [1.29, 1.82) is 0 Å². The molecule has 2 heteroatoms. The van der Waals surface area contributed by atoms with Gasteiger partial charge in [-0.15, -0.1) is 0 Å². The Balaban J connectivity index is 2.33. The van der Waals surface area contributed by atoms with Gasteiger partial charge in [-0.2, -0.15) is 0 Å². The van der Waals surface area contributed by atoms with E-state index in [0.29, 0.717) is 5.92 Å². The Hall–Kier alpha value is -0.860. The summed E-state index contributed by atoms with van der Waals surface area (Å²) in [7, 11) is 2.11. The number of hydrogen-bond acceptors (Lipinski definition) is 2. The van der Waals surface area contributed by atoms with Gasteiger partial charge < -0.3 is 10.0 Å². The van der Waals surface area contributed by atoms with Gasteiger partial charge in [-0.05, 0) is 24.9 Å². The van der Waals surface area contributed by atoms with Crippen molar-refractivity contribution in [1.82, 2.24) is 4.90 Å². The molecule has 0 bridgehead atoms. The lowest BCUT2D eigenvalue weighted by molar-refractivity contribution is 0.146. The highest BCUT2D eigenvalue weighted by Gasteiger charge is 2.08. The van der Waals surface area contributed by atoms with Gasteiger partial charge in [0.05, 0.1) is 6.10 Å². The van der Waals surface area contributed by atoms with E-state index in [1.807, 2.05) is 30.3 Å². The number of benzene rings is 1. The van der Waals surface area contributed by atoms with Crippen LogP contribution in [0.1, 0.15) is 31.9 Å². The van der Waals surface area contributed by atoms with Gasteiger partial charge in [-0.3, -0.25) is 0 Å². The molecular weight excluding hydrogens is 198 g/mol. The molecule has 0 aromatic heterocycles. The Morgan fingerprint density at radius 3 is 2.38 bits per heavy atom. The van der Waals surface area contributed by atoms with E-state index in [0.717, 1.165) is 25.1 Å². The van der Waals surface area contributed by atoms with E-state index >= 15 is 0 Å². The molecule has 1 unspecified atom stereocenters.